The Labute approximate surface area is 141 Å². The number of hydrogen-bond donors (Lipinski definition) is 1. The average Bonchev–Trinajstić information content (AvgIpc) is 2.94. The van der Waals surface area contributed by atoms with Gasteiger partial charge in [-0.25, -0.2) is 4.39 Å². The molecule has 0 spiro atoms. The third-order valence-corrected chi connectivity index (χ3v) is 3.93. The Morgan fingerprint density at radius 1 is 1.22 bits per heavy atom. The first-order valence-electron chi connectivity index (χ1n) is 6.94. The molecule has 0 unspecified atom stereocenters. The van der Waals surface area contributed by atoms with E-state index in [0.29, 0.717) is 17.8 Å². The normalized spacial score (nSPS) is 10.5. The van der Waals surface area contributed by atoms with Gasteiger partial charge in [0.1, 0.15) is 5.82 Å². The zero-order valence-corrected chi connectivity index (χ0v) is 13.6. The van der Waals surface area contributed by atoms with Gasteiger partial charge in [0.2, 0.25) is 0 Å². The van der Waals surface area contributed by atoms with Gasteiger partial charge in [-0.15, -0.1) is 0 Å². The van der Waals surface area contributed by atoms with E-state index >= 15 is 0 Å². The number of halogens is 2. The van der Waals surface area contributed by atoms with Crippen LogP contribution in [0.3, 0.4) is 0 Å². The van der Waals surface area contributed by atoms with Gasteiger partial charge in [0.25, 0.3) is 5.91 Å². The second-order valence-electron chi connectivity index (χ2n) is 4.99. The SMILES string of the molecule is O=C(Nc1cnn(Cc2cccc(F)c2)c1)c1ccccc1Br. The first-order valence-corrected chi connectivity index (χ1v) is 7.74. The van der Waals surface area contributed by atoms with Gasteiger partial charge < -0.3 is 5.32 Å². The van der Waals surface area contributed by atoms with Gasteiger partial charge in [-0.3, -0.25) is 9.48 Å². The summed E-state index contributed by atoms with van der Waals surface area (Å²) in [5.74, 6) is -0.500. The number of hydrogen-bond acceptors (Lipinski definition) is 2. The summed E-state index contributed by atoms with van der Waals surface area (Å²) in [7, 11) is 0. The third kappa shape index (κ3) is 3.84. The van der Waals surface area contributed by atoms with Gasteiger partial charge in [0.15, 0.2) is 0 Å². The van der Waals surface area contributed by atoms with Crippen LogP contribution >= 0.6 is 15.9 Å². The molecule has 6 heteroatoms. The molecule has 0 fully saturated rings. The number of nitrogens with one attached hydrogen (secondary N) is 1. The Kier molecular flexibility index (Phi) is 4.52. The summed E-state index contributed by atoms with van der Waals surface area (Å²) < 4.78 is 15.6. The van der Waals surface area contributed by atoms with Crippen LogP contribution in [0.25, 0.3) is 0 Å². The number of benzene rings is 2. The van der Waals surface area contributed by atoms with E-state index < -0.39 is 0 Å². The van der Waals surface area contributed by atoms with Crippen LogP contribution in [-0.2, 0) is 6.54 Å². The Hall–Kier alpha value is -2.47. The first kappa shape index (κ1) is 15.4. The molecule has 116 valence electrons. The van der Waals surface area contributed by atoms with Crippen molar-refractivity contribution in [3.05, 3.63) is 82.3 Å². The second-order valence-corrected chi connectivity index (χ2v) is 5.84. The lowest BCUT2D eigenvalue weighted by Crippen LogP contribution is -2.12. The molecule has 0 saturated carbocycles. The van der Waals surface area contributed by atoms with Gasteiger partial charge in [-0.05, 0) is 45.8 Å². The molecule has 23 heavy (non-hydrogen) atoms. The van der Waals surface area contributed by atoms with E-state index in [-0.39, 0.29) is 11.7 Å². The summed E-state index contributed by atoms with van der Waals surface area (Å²) >= 11 is 3.35. The van der Waals surface area contributed by atoms with E-state index in [0.717, 1.165) is 10.0 Å². The van der Waals surface area contributed by atoms with Crippen LogP contribution < -0.4 is 5.32 Å². The van der Waals surface area contributed by atoms with E-state index in [1.165, 1.54) is 12.1 Å². The molecule has 0 saturated heterocycles. The summed E-state index contributed by atoms with van der Waals surface area (Å²) in [5.41, 5.74) is 1.93. The van der Waals surface area contributed by atoms with Crippen molar-refractivity contribution in [1.82, 2.24) is 9.78 Å². The van der Waals surface area contributed by atoms with E-state index in [2.05, 4.69) is 26.3 Å². The van der Waals surface area contributed by atoms with E-state index in [9.17, 15) is 9.18 Å². The van der Waals surface area contributed by atoms with Gasteiger partial charge in [-0.2, -0.15) is 5.10 Å². The number of rotatable bonds is 4. The van der Waals surface area contributed by atoms with Crippen molar-refractivity contribution >= 4 is 27.5 Å². The Morgan fingerprint density at radius 2 is 2.04 bits per heavy atom. The predicted octanol–water partition coefficient (Wildman–Crippen LogP) is 4.09. The molecule has 1 aromatic heterocycles. The third-order valence-electron chi connectivity index (χ3n) is 3.24. The molecule has 0 radical (unpaired) electrons. The van der Waals surface area contributed by atoms with Gasteiger partial charge in [0.05, 0.1) is 24.0 Å². The Bertz CT molecular complexity index is 847. The summed E-state index contributed by atoms with van der Waals surface area (Å²) in [5, 5.41) is 6.97. The molecule has 1 amide bonds. The van der Waals surface area contributed by atoms with Crippen LogP contribution in [0.2, 0.25) is 0 Å². The highest BCUT2D eigenvalue weighted by atomic mass is 79.9. The second kappa shape index (κ2) is 6.75. The Morgan fingerprint density at radius 3 is 2.83 bits per heavy atom. The van der Waals surface area contributed by atoms with Crippen LogP contribution in [0.5, 0.6) is 0 Å². The number of anilines is 1. The lowest BCUT2D eigenvalue weighted by atomic mass is 10.2. The number of carbonyl (C=O) groups excluding carboxylic acids is 1. The zero-order valence-electron chi connectivity index (χ0n) is 12.0. The fourth-order valence-electron chi connectivity index (χ4n) is 2.18. The number of aromatic nitrogens is 2. The molecular weight excluding hydrogens is 361 g/mol. The standard InChI is InChI=1S/C17H13BrFN3O/c18-16-7-2-1-6-15(16)17(23)21-14-9-20-22(11-14)10-12-4-3-5-13(19)8-12/h1-9,11H,10H2,(H,21,23). The summed E-state index contributed by atoms with van der Waals surface area (Å²) in [6.45, 7) is 0.433. The van der Waals surface area contributed by atoms with Gasteiger partial charge in [-0.1, -0.05) is 24.3 Å². The van der Waals surface area contributed by atoms with Crippen LogP contribution in [0, 0.1) is 5.82 Å². The highest BCUT2D eigenvalue weighted by molar-refractivity contribution is 9.10. The number of carbonyl (C=O) groups is 1. The maximum absolute atomic E-state index is 13.2. The highest BCUT2D eigenvalue weighted by Crippen LogP contribution is 2.18. The van der Waals surface area contributed by atoms with Crippen LogP contribution in [0.4, 0.5) is 10.1 Å². The Balaban J connectivity index is 1.70. The van der Waals surface area contributed by atoms with E-state index in [4.69, 9.17) is 0 Å². The van der Waals surface area contributed by atoms with Crippen molar-refractivity contribution in [3.63, 3.8) is 0 Å². The molecule has 0 aliphatic heterocycles. The summed E-state index contributed by atoms with van der Waals surface area (Å²) in [6, 6.07) is 13.5. The van der Waals surface area contributed by atoms with Gasteiger partial charge >= 0.3 is 0 Å². The lowest BCUT2D eigenvalue weighted by Gasteiger charge is -2.04. The molecule has 3 rings (SSSR count). The van der Waals surface area contributed by atoms with Crippen molar-refractivity contribution in [2.75, 3.05) is 5.32 Å². The monoisotopic (exact) mass is 373 g/mol. The molecule has 4 nitrogen and oxygen atoms in total. The van der Waals surface area contributed by atoms with Gasteiger partial charge in [0, 0.05) is 10.7 Å². The maximum Gasteiger partial charge on any atom is 0.256 e. The van der Waals surface area contributed by atoms with E-state index in [1.54, 1.807) is 35.3 Å². The minimum Gasteiger partial charge on any atom is -0.319 e. The van der Waals surface area contributed by atoms with Crippen molar-refractivity contribution in [1.29, 1.82) is 0 Å². The van der Waals surface area contributed by atoms with Crippen LogP contribution in [0.15, 0.2) is 65.4 Å². The molecule has 0 bridgehead atoms. The largest absolute Gasteiger partial charge is 0.319 e. The quantitative estimate of drug-likeness (QED) is 0.748. The van der Waals surface area contributed by atoms with Crippen LogP contribution in [0.1, 0.15) is 15.9 Å². The first-order chi connectivity index (χ1) is 11.1. The van der Waals surface area contributed by atoms with Crippen molar-refractivity contribution in [3.8, 4) is 0 Å². The fraction of sp³-hybridized carbons (Fsp3) is 0.0588. The molecule has 2 aromatic carbocycles. The maximum atomic E-state index is 13.2. The lowest BCUT2D eigenvalue weighted by molar-refractivity contribution is 0.102. The molecule has 0 aliphatic rings. The molecular formula is C17H13BrFN3O. The average molecular weight is 374 g/mol. The van der Waals surface area contributed by atoms with Crippen molar-refractivity contribution in [2.24, 2.45) is 0 Å². The van der Waals surface area contributed by atoms with E-state index in [1.807, 2.05) is 18.2 Å². The minimum absolute atomic E-state index is 0.220. The zero-order chi connectivity index (χ0) is 16.2. The highest BCUT2D eigenvalue weighted by Gasteiger charge is 2.10. The molecule has 1 N–H and O–H groups in total. The van der Waals surface area contributed by atoms with Crippen molar-refractivity contribution < 1.29 is 9.18 Å². The molecule has 0 aliphatic carbocycles. The summed E-state index contributed by atoms with van der Waals surface area (Å²) in [6.07, 6.45) is 3.27. The summed E-state index contributed by atoms with van der Waals surface area (Å²) in [4.78, 5) is 12.2. The predicted molar refractivity (Wildman–Crippen MR) is 89.8 cm³/mol. The van der Waals surface area contributed by atoms with Crippen molar-refractivity contribution in [2.45, 2.75) is 6.54 Å². The topological polar surface area (TPSA) is 46.9 Å². The number of nitrogens with zero attached hydrogens (tertiary/aromatic N) is 2. The molecule has 3 aromatic rings. The number of amides is 1. The molecule has 1 heterocycles. The fourth-order valence-corrected chi connectivity index (χ4v) is 2.65. The minimum atomic E-state index is -0.280. The smallest absolute Gasteiger partial charge is 0.256 e. The molecule has 0 atom stereocenters. The van der Waals surface area contributed by atoms with Crippen LogP contribution in [-0.4, -0.2) is 15.7 Å².